The van der Waals surface area contributed by atoms with Crippen LogP contribution < -0.4 is 4.74 Å². The summed E-state index contributed by atoms with van der Waals surface area (Å²) in [4.78, 5) is 9.11. The molecule has 0 aliphatic rings. The lowest BCUT2D eigenvalue weighted by molar-refractivity contribution is 0.415. The number of methoxy groups -OCH3 is 1. The van der Waals surface area contributed by atoms with Crippen LogP contribution in [0.5, 0.6) is 5.75 Å². The molecule has 0 aliphatic heterocycles. The van der Waals surface area contributed by atoms with Gasteiger partial charge in [0, 0.05) is 29.4 Å². The lowest BCUT2D eigenvalue weighted by Crippen LogP contribution is -1.96. The fraction of sp³-hybridized carbons (Fsp3) is 0.217. The highest BCUT2D eigenvalue weighted by molar-refractivity contribution is 7.98. The first kappa shape index (κ1) is 19.3. The maximum atomic E-state index is 5.65. The third-order valence-corrected chi connectivity index (χ3v) is 5.68. The van der Waals surface area contributed by atoms with Crippen molar-refractivity contribution in [2.75, 3.05) is 7.11 Å². The molecule has 0 amide bonds. The molecule has 0 spiro atoms. The van der Waals surface area contributed by atoms with E-state index in [4.69, 9.17) is 9.15 Å². The predicted octanol–water partition coefficient (Wildman–Crippen LogP) is 5.95. The molecule has 29 heavy (non-hydrogen) atoms. The molecule has 0 fully saturated rings. The summed E-state index contributed by atoms with van der Waals surface area (Å²) >= 11 is 1.64. The van der Waals surface area contributed by atoms with E-state index >= 15 is 0 Å². The molecule has 0 saturated carbocycles. The van der Waals surface area contributed by atoms with E-state index in [0.29, 0.717) is 17.6 Å². The fourth-order valence-electron chi connectivity index (χ4n) is 2.99. The largest absolute Gasteiger partial charge is 0.497 e. The van der Waals surface area contributed by atoms with Crippen LogP contribution in [-0.4, -0.2) is 21.6 Å². The molecule has 148 valence electrons. The molecule has 2 heterocycles. The van der Waals surface area contributed by atoms with Gasteiger partial charge in [0.1, 0.15) is 12.0 Å². The average molecular weight is 406 g/mol. The highest BCUT2D eigenvalue weighted by atomic mass is 32.2. The van der Waals surface area contributed by atoms with Gasteiger partial charge in [0.2, 0.25) is 5.89 Å². The number of thioether (sulfide) groups is 1. The average Bonchev–Trinajstić information content (AvgIpc) is 3.42. The van der Waals surface area contributed by atoms with Gasteiger partial charge in [-0.15, -0.1) is 0 Å². The Morgan fingerprint density at radius 3 is 2.52 bits per heavy atom. The molecule has 6 heteroatoms. The van der Waals surface area contributed by atoms with Crippen molar-refractivity contribution in [3.05, 3.63) is 78.4 Å². The molecule has 2 aromatic heterocycles. The number of hydrogen-bond acceptors (Lipinski definition) is 5. The molecule has 5 nitrogen and oxygen atoms in total. The Kier molecular flexibility index (Phi) is 5.71. The molecule has 0 N–H and O–H groups in total. The number of ether oxygens (including phenoxy) is 1. The Morgan fingerprint density at radius 1 is 1.07 bits per heavy atom. The second-order valence-electron chi connectivity index (χ2n) is 6.99. The van der Waals surface area contributed by atoms with E-state index in [1.807, 2.05) is 36.7 Å². The van der Waals surface area contributed by atoms with Gasteiger partial charge in [-0.3, -0.25) is 4.57 Å². The van der Waals surface area contributed by atoms with Crippen LogP contribution in [0, 0.1) is 0 Å². The summed E-state index contributed by atoms with van der Waals surface area (Å²) in [5.74, 6) is 2.62. The van der Waals surface area contributed by atoms with Crippen LogP contribution in [0.2, 0.25) is 0 Å². The molecular formula is C23H23N3O2S. The number of hydrogen-bond donors (Lipinski definition) is 0. The standard InChI is InChI=1S/C23H23N3O2S/c1-16(2)17-4-8-20(9-5-17)26-13-12-24-23(26)29-15-19-14-28-22(25-19)18-6-10-21(27-3)11-7-18/h4-14,16H,15H2,1-3H3. The van der Waals surface area contributed by atoms with E-state index in [1.165, 1.54) is 5.56 Å². The highest BCUT2D eigenvalue weighted by Gasteiger charge is 2.11. The van der Waals surface area contributed by atoms with Crippen LogP contribution in [0.4, 0.5) is 0 Å². The summed E-state index contributed by atoms with van der Waals surface area (Å²) in [6.07, 6.45) is 5.51. The number of aromatic nitrogens is 3. The maximum Gasteiger partial charge on any atom is 0.226 e. The van der Waals surface area contributed by atoms with Gasteiger partial charge in [-0.25, -0.2) is 9.97 Å². The normalized spacial score (nSPS) is 11.2. The fourth-order valence-corrected chi connectivity index (χ4v) is 3.84. The van der Waals surface area contributed by atoms with E-state index in [-0.39, 0.29) is 0 Å². The van der Waals surface area contributed by atoms with Crippen LogP contribution in [0.3, 0.4) is 0 Å². The summed E-state index contributed by atoms with van der Waals surface area (Å²) in [6.45, 7) is 4.40. The van der Waals surface area contributed by atoms with Gasteiger partial charge in [-0.05, 0) is 47.9 Å². The van der Waals surface area contributed by atoms with Crippen LogP contribution >= 0.6 is 11.8 Å². The van der Waals surface area contributed by atoms with E-state index in [0.717, 1.165) is 27.9 Å². The first-order valence-corrected chi connectivity index (χ1v) is 10.5. The summed E-state index contributed by atoms with van der Waals surface area (Å²) in [5, 5.41) is 0.927. The minimum atomic E-state index is 0.521. The number of nitrogens with zero attached hydrogens (tertiary/aromatic N) is 3. The van der Waals surface area contributed by atoms with E-state index < -0.39 is 0 Å². The van der Waals surface area contributed by atoms with Gasteiger partial charge >= 0.3 is 0 Å². The molecule has 0 aliphatic carbocycles. The summed E-state index contributed by atoms with van der Waals surface area (Å²) in [5.41, 5.74) is 4.24. The summed E-state index contributed by atoms with van der Waals surface area (Å²) in [7, 11) is 1.65. The Bertz CT molecular complexity index is 1070. The Hall–Kier alpha value is -2.99. The van der Waals surface area contributed by atoms with E-state index in [1.54, 1.807) is 25.1 Å². The summed E-state index contributed by atoms with van der Waals surface area (Å²) < 4.78 is 12.9. The third-order valence-electron chi connectivity index (χ3n) is 4.68. The molecule has 0 radical (unpaired) electrons. The van der Waals surface area contributed by atoms with Crippen molar-refractivity contribution in [1.29, 1.82) is 0 Å². The Balaban J connectivity index is 1.45. The van der Waals surface area contributed by atoms with Gasteiger partial charge in [-0.1, -0.05) is 37.7 Å². The first-order valence-electron chi connectivity index (χ1n) is 9.49. The van der Waals surface area contributed by atoms with Gasteiger partial charge in [0.15, 0.2) is 5.16 Å². The maximum absolute atomic E-state index is 5.65. The predicted molar refractivity (Wildman–Crippen MR) is 116 cm³/mol. The van der Waals surface area contributed by atoms with Crippen molar-refractivity contribution in [3.8, 4) is 22.9 Å². The van der Waals surface area contributed by atoms with Crippen molar-refractivity contribution in [2.24, 2.45) is 0 Å². The first-order chi connectivity index (χ1) is 14.1. The smallest absolute Gasteiger partial charge is 0.226 e. The van der Waals surface area contributed by atoms with Crippen molar-refractivity contribution < 1.29 is 9.15 Å². The molecule has 0 unspecified atom stereocenters. The Morgan fingerprint density at radius 2 is 1.83 bits per heavy atom. The molecule has 0 saturated heterocycles. The highest BCUT2D eigenvalue weighted by Crippen LogP contribution is 2.27. The van der Waals surface area contributed by atoms with Crippen molar-refractivity contribution >= 4 is 11.8 Å². The molecule has 4 aromatic rings. The SMILES string of the molecule is COc1ccc(-c2nc(CSc3nccn3-c3ccc(C(C)C)cc3)co2)cc1. The number of imidazole rings is 1. The second-order valence-corrected chi connectivity index (χ2v) is 7.93. The van der Waals surface area contributed by atoms with E-state index in [9.17, 15) is 0 Å². The number of rotatable bonds is 7. The lowest BCUT2D eigenvalue weighted by Gasteiger charge is -2.09. The van der Waals surface area contributed by atoms with Gasteiger partial charge in [0.05, 0.1) is 12.8 Å². The molecule has 0 bridgehead atoms. The van der Waals surface area contributed by atoms with Crippen LogP contribution in [0.1, 0.15) is 31.0 Å². The zero-order valence-corrected chi connectivity index (χ0v) is 17.5. The van der Waals surface area contributed by atoms with Crippen LogP contribution in [-0.2, 0) is 5.75 Å². The summed E-state index contributed by atoms with van der Waals surface area (Å²) in [6, 6.07) is 16.3. The molecule has 0 atom stereocenters. The number of benzene rings is 2. The van der Waals surface area contributed by atoms with Gasteiger partial charge in [-0.2, -0.15) is 0 Å². The van der Waals surface area contributed by atoms with Crippen molar-refractivity contribution in [1.82, 2.24) is 14.5 Å². The lowest BCUT2D eigenvalue weighted by atomic mass is 10.0. The van der Waals surface area contributed by atoms with Gasteiger partial charge < -0.3 is 9.15 Å². The van der Waals surface area contributed by atoms with Gasteiger partial charge in [0.25, 0.3) is 0 Å². The monoisotopic (exact) mass is 405 g/mol. The topological polar surface area (TPSA) is 53.1 Å². The van der Waals surface area contributed by atoms with Crippen molar-refractivity contribution in [3.63, 3.8) is 0 Å². The molecule has 2 aromatic carbocycles. The second kappa shape index (κ2) is 8.57. The minimum Gasteiger partial charge on any atom is -0.497 e. The molecular weight excluding hydrogens is 382 g/mol. The quantitative estimate of drug-likeness (QED) is 0.356. The van der Waals surface area contributed by atoms with Crippen LogP contribution in [0.15, 0.2) is 76.8 Å². The van der Waals surface area contributed by atoms with E-state index in [2.05, 4.69) is 52.6 Å². The zero-order valence-electron chi connectivity index (χ0n) is 16.7. The molecule has 4 rings (SSSR count). The third kappa shape index (κ3) is 4.38. The zero-order chi connectivity index (χ0) is 20.2. The van der Waals surface area contributed by atoms with Crippen LogP contribution in [0.25, 0.3) is 17.1 Å². The van der Waals surface area contributed by atoms with Crippen molar-refractivity contribution in [2.45, 2.75) is 30.7 Å². The Labute approximate surface area is 174 Å². The minimum absolute atomic E-state index is 0.521. The number of oxazole rings is 1.